The molecular weight excluding hydrogens is 176 g/mol. The summed E-state index contributed by atoms with van der Waals surface area (Å²) in [7, 11) is 1.64. The first-order chi connectivity index (χ1) is 6.56. The highest BCUT2D eigenvalue weighted by molar-refractivity contribution is 5.91. The van der Waals surface area contributed by atoms with Crippen LogP contribution in [0.2, 0.25) is 0 Å². The molecule has 0 saturated heterocycles. The van der Waals surface area contributed by atoms with Crippen molar-refractivity contribution in [3.8, 4) is 0 Å². The van der Waals surface area contributed by atoms with E-state index in [0.717, 1.165) is 18.6 Å². The van der Waals surface area contributed by atoms with Crippen LogP contribution in [0.1, 0.15) is 40.5 Å². The average molecular weight is 198 g/mol. The molecule has 0 rings (SSSR count). The Morgan fingerprint density at radius 1 is 1.29 bits per heavy atom. The van der Waals surface area contributed by atoms with E-state index in [1.165, 1.54) is 0 Å². The van der Waals surface area contributed by atoms with Crippen LogP contribution in [0.25, 0.3) is 0 Å². The number of hydrogen-bond acceptors (Lipinski definition) is 2. The van der Waals surface area contributed by atoms with Crippen molar-refractivity contribution in [3.05, 3.63) is 11.8 Å². The number of methoxy groups -OCH3 is 1. The minimum absolute atomic E-state index is 0.0505. The summed E-state index contributed by atoms with van der Waals surface area (Å²) in [6, 6.07) is 0. The predicted molar refractivity (Wildman–Crippen MR) is 59.0 cm³/mol. The van der Waals surface area contributed by atoms with Crippen LogP contribution >= 0.6 is 0 Å². The van der Waals surface area contributed by atoms with Gasteiger partial charge in [0.2, 0.25) is 0 Å². The number of allylic oxidation sites excluding steroid dienone is 2. The van der Waals surface area contributed by atoms with Gasteiger partial charge in [-0.25, -0.2) is 0 Å². The minimum atomic E-state index is 0.0505. The fourth-order valence-corrected chi connectivity index (χ4v) is 1.34. The molecule has 0 aliphatic heterocycles. The van der Waals surface area contributed by atoms with Crippen LogP contribution < -0.4 is 0 Å². The molecule has 14 heavy (non-hydrogen) atoms. The molecule has 0 saturated carbocycles. The first-order valence-corrected chi connectivity index (χ1v) is 5.36. The Morgan fingerprint density at radius 3 is 2.07 bits per heavy atom. The maximum atomic E-state index is 11.5. The van der Waals surface area contributed by atoms with Crippen LogP contribution in [0.15, 0.2) is 11.8 Å². The zero-order valence-electron chi connectivity index (χ0n) is 9.96. The van der Waals surface area contributed by atoms with Gasteiger partial charge in [0.05, 0.1) is 7.11 Å². The maximum absolute atomic E-state index is 11.5. The summed E-state index contributed by atoms with van der Waals surface area (Å²) in [6.45, 7) is 8.03. The fourth-order valence-electron chi connectivity index (χ4n) is 1.34. The maximum Gasteiger partial charge on any atom is 0.161 e. The molecule has 0 aromatic heterocycles. The summed E-state index contributed by atoms with van der Waals surface area (Å²) in [4.78, 5) is 11.5. The molecule has 0 aliphatic carbocycles. The van der Waals surface area contributed by atoms with Crippen molar-refractivity contribution in [2.45, 2.75) is 40.5 Å². The molecule has 2 heteroatoms. The van der Waals surface area contributed by atoms with Crippen molar-refractivity contribution in [3.63, 3.8) is 0 Å². The molecule has 0 spiro atoms. The van der Waals surface area contributed by atoms with Crippen molar-refractivity contribution in [2.75, 3.05) is 7.11 Å². The molecular formula is C12H22O2. The van der Waals surface area contributed by atoms with E-state index in [4.69, 9.17) is 4.74 Å². The fraction of sp³-hybridized carbons (Fsp3) is 0.750. The second-order valence-corrected chi connectivity index (χ2v) is 3.82. The van der Waals surface area contributed by atoms with E-state index in [1.54, 1.807) is 13.2 Å². The van der Waals surface area contributed by atoms with Gasteiger partial charge in [0, 0.05) is 17.9 Å². The van der Waals surface area contributed by atoms with Gasteiger partial charge in [-0.15, -0.1) is 0 Å². The van der Waals surface area contributed by atoms with E-state index in [9.17, 15) is 4.79 Å². The molecule has 0 atom stereocenters. The van der Waals surface area contributed by atoms with Gasteiger partial charge in [-0.1, -0.05) is 27.7 Å². The number of hydrogen-bond donors (Lipinski definition) is 0. The Labute approximate surface area is 87.3 Å². The Morgan fingerprint density at radius 2 is 1.79 bits per heavy atom. The number of carbonyl (C=O) groups excluding carboxylic acids is 1. The SMILES string of the molecule is CCC(CC)/C(=C/C(=O)C(C)C)OC. The average Bonchev–Trinajstić information content (AvgIpc) is 2.17. The zero-order chi connectivity index (χ0) is 11.1. The second kappa shape index (κ2) is 6.63. The smallest absolute Gasteiger partial charge is 0.161 e. The van der Waals surface area contributed by atoms with Crippen LogP contribution in [0, 0.1) is 11.8 Å². The molecule has 0 amide bonds. The lowest BCUT2D eigenvalue weighted by Gasteiger charge is -2.15. The Balaban J connectivity index is 4.60. The molecule has 0 unspecified atom stereocenters. The first-order valence-electron chi connectivity index (χ1n) is 5.36. The summed E-state index contributed by atoms with van der Waals surface area (Å²) < 4.78 is 5.26. The van der Waals surface area contributed by atoms with Crippen LogP contribution in [0.3, 0.4) is 0 Å². The molecule has 82 valence electrons. The third-order valence-electron chi connectivity index (χ3n) is 2.48. The van der Waals surface area contributed by atoms with E-state index in [1.807, 2.05) is 13.8 Å². The summed E-state index contributed by atoms with van der Waals surface area (Å²) in [5.74, 6) is 1.40. The van der Waals surface area contributed by atoms with E-state index in [2.05, 4.69) is 13.8 Å². The first kappa shape index (κ1) is 13.2. The molecule has 0 heterocycles. The van der Waals surface area contributed by atoms with E-state index < -0.39 is 0 Å². The highest BCUT2D eigenvalue weighted by atomic mass is 16.5. The standard InChI is InChI=1S/C12H22O2/c1-6-10(7-2)12(14-5)8-11(13)9(3)4/h8-10H,6-7H2,1-5H3/b12-8-. The highest BCUT2D eigenvalue weighted by Crippen LogP contribution is 2.19. The van der Waals surface area contributed by atoms with Gasteiger partial charge >= 0.3 is 0 Å². The third-order valence-corrected chi connectivity index (χ3v) is 2.48. The van der Waals surface area contributed by atoms with Crippen molar-refractivity contribution >= 4 is 5.78 Å². The van der Waals surface area contributed by atoms with Crippen LogP contribution in [0.4, 0.5) is 0 Å². The van der Waals surface area contributed by atoms with E-state index >= 15 is 0 Å². The monoisotopic (exact) mass is 198 g/mol. The summed E-state index contributed by atoms with van der Waals surface area (Å²) in [6.07, 6.45) is 3.69. The number of carbonyl (C=O) groups is 1. The topological polar surface area (TPSA) is 26.3 Å². The molecule has 2 nitrogen and oxygen atoms in total. The lowest BCUT2D eigenvalue weighted by atomic mass is 9.98. The second-order valence-electron chi connectivity index (χ2n) is 3.82. The number of rotatable bonds is 6. The molecule has 0 aromatic rings. The van der Waals surface area contributed by atoms with Crippen LogP contribution in [0.5, 0.6) is 0 Å². The molecule has 0 fully saturated rings. The summed E-state index contributed by atoms with van der Waals surface area (Å²) >= 11 is 0. The van der Waals surface area contributed by atoms with Crippen LogP contribution in [-0.4, -0.2) is 12.9 Å². The largest absolute Gasteiger partial charge is 0.501 e. The van der Waals surface area contributed by atoms with Crippen LogP contribution in [-0.2, 0) is 9.53 Å². The van der Waals surface area contributed by atoms with Crippen molar-refractivity contribution < 1.29 is 9.53 Å². The number of ether oxygens (including phenoxy) is 1. The van der Waals surface area contributed by atoms with Gasteiger partial charge in [0.25, 0.3) is 0 Å². The van der Waals surface area contributed by atoms with Crippen molar-refractivity contribution in [1.82, 2.24) is 0 Å². The van der Waals surface area contributed by atoms with Gasteiger partial charge in [-0.05, 0) is 12.8 Å². The van der Waals surface area contributed by atoms with Gasteiger partial charge < -0.3 is 4.74 Å². The third kappa shape index (κ3) is 3.95. The molecule has 0 bridgehead atoms. The molecule has 0 aromatic carbocycles. The van der Waals surface area contributed by atoms with E-state index in [0.29, 0.717) is 5.92 Å². The number of ketones is 1. The lowest BCUT2D eigenvalue weighted by molar-refractivity contribution is -0.117. The normalized spacial score (nSPS) is 12.4. The quantitative estimate of drug-likeness (QED) is 0.484. The van der Waals surface area contributed by atoms with Gasteiger partial charge in [-0.3, -0.25) is 4.79 Å². The summed E-state index contributed by atoms with van der Waals surface area (Å²) in [5.41, 5.74) is 0. The predicted octanol–water partition coefficient (Wildman–Crippen LogP) is 3.18. The van der Waals surface area contributed by atoms with Crippen molar-refractivity contribution in [2.24, 2.45) is 11.8 Å². The molecule has 0 N–H and O–H groups in total. The van der Waals surface area contributed by atoms with E-state index in [-0.39, 0.29) is 11.7 Å². The minimum Gasteiger partial charge on any atom is -0.501 e. The Hall–Kier alpha value is -0.790. The highest BCUT2D eigenvalue weighted by Gasteiger charge is 2.13. The van der Waals surface area contributed by atoms with Gasteiger partial charge in [0.15, 0.2) is 5.78 Å². The molecule has 0 radical (unpaired) electrons. The van der Waals surface area contributed by atoms with Gasteiger partial charge in [-0.2, -0.15) is 0 Å². The van der Waals surface area contributed by atoms with Gasteiger partial charge in [0.1, 0.15) is 5.76 Å². The summed E-state index contributed by atoms with van der Waals surface area (Å²) in [5, 5.41) is 0. The zero-order valence-corrected chi connectivity index (χ0v) is 9.96. The Kier molecular flexibility index (Phi) is 6.26. The van der Waals surface area contributed by atoms with Crippen molar-refractivity contribution in [1.29, 1.82) is 0 Å². The lowest BCUT2D eigenvalue weighted by Crippen LogP contribution is -2.10. The Bertz CT molecular complexity index is 200. The molecule has 0 aliphatic rings.